The molecule has 0 amide bonds. The van der Waals surface area contributed by atoms with Crippen molar-refractivity contribution in [2.24, 2.45) is 0 Å². The van der Waals surface area contributed by atoms with E-state index < -0.39 is 17.3 Å². The Morgan fingerprint density at radius 1 is 1.24 bits per heavy atom. The summed E-state index contributed by atoms with van der Waals surface area (Å²) in [5.41, 5.74) is 0.725. The van der Waals surface area contributed by atoms with Crippen molar-refractivity contribution in [3.63, 3.8) is 0 Å². The minimum atomic E-state index is -1.35. The fraction of sp³-hybridized carbons (Fsp3) is 0. The molecule has 0 unspecified atom stereocenters. The van der Waals surface area contributed by atoms with Gasteiger partial charge in [-0.2, -0.15) is 0 Å². The quantitative estimate of drug-likeness (QED) is 0.735. The lowest BCUT2D eigenvalue weighted by Crippen LogP contribution is -1.99. The van der Waals surface area contributed by atoms with Crippen molar-refractivity contribution in [1.82, 2.24) is 9.97 Å². The Balaban J connectivity index is 2.25. The van der Waals surface area contributed by atoms with Gasteiger partial charge in [0.25, 0.3) is 0 Å². The number of fused-ring (bicyclic) bond motifs is 1. The predicted molar refractivity (Wildman–Crippen MR) is 78.5 cm³/mol. The molecule has 1 heterocycles. The molecular formula is C14H7Cl2FN2O2. The number of H-pyrrole nitrogens is 1. The van der Waals surface area contributed by atoms with Gasteiger partial charge in [0.1, 0.15) is 11.6 Å². The van der Waals surface area contributed by atoms with Gasteiger partial charge in [0.05, 0.1) is 32.2 Å². The van der Waals surface area contributed by atoms with Crippen LogP contribution in [0.3, 0.4) is 0 Å². The van der Waals surface area contributed by atoms with E-state index in [0.29, 0.717) is 32.5 Å². The van der Waals surface area contributed by atoms with E-state index >= 15 is 0 Å². The largest absolute Gasteiger partial charge is 0.478 e. The van der Waals surface area contributed by atoms with Gasteiger partial charge < -0.3 is 10.1 Å². The van der Waals surface area contributed by atoms with E-state index in [-0.39, 0.29) is 0 Å². The second-order valence-electron chi connectivity index (χ2n) is 4.34. The summed E-state index contributed by atoms with van der Waals surface area (Å²) in [6, 6.07) is 7.25. The summed E-state index contributed by atoms with van der Waals surface area (Å²) in [5.74, 6) is -1.84. The Hall–Kier alpha value is -2.11. The number of carboxylic acids is 1. The van der Waals surface area contributed by atoms with Crippen LogP contribution in [0.15, 0.2) is 30.3 Å². The van der Waals surface area contributed by atoms with E-state index in [1.807, 2.05) is 0 Å². The molecule has 2 aromatic carbocycles. The lowest BCUT2D eigenvalue weighted by molar-refractivity contribution is 0.0692. The number of benzene rings is 2. The smallest absolute Gasteiger partial charge is 0.338 e. The van der Waals surface area contributed by atoms with Crippen molar-refractivity contribution in [3.05, 3.63) is 51.8 Å². The van der Waals surface area contributed by atoms with E-state index in [9.17, 15) is 9.18 Å². The van der Waals surface area contributed by atoms with E-state index in [1.165, 1.54) is 0 Å². The van der Waals surface area contributed by atoms with Gasteiger partial charge in [-0.1, -0.05) is 29.3 Å². The molecule has 4 nitrogen and oxygen atoms in total. The highest BCUT2D eigenvalue weighted by Gasteiger charge is 2.16. The summed E-state index contributed by atoms with van der Waals surface area (Å²) < 4.78 is 13.7. The second-order valence-corrected chi connectivity index (χ2v) is 5.15. The highest BCUT2D eigenvalue weighted by atomic mass is 35.5. The van der Waals surface area contributed by atoms with Crippen molar-refractivity contribution < 1.29 is 14.3 Å². The third kappa shape index (κ3) is 2.34. The van der Waals surface area contributed by atoms with Gasteiger partial charge >= 0.3 is 5.97 Å². The number of halogens is 3. The van der Waals surface area contributed by atoms with Crippen LogP contribution in [-0.4, -0.2) is 21.0 Å². The van der Waals surface area contributed by atoms with Gasteiger partial charge in [-0.05, 0) is 18.2 Å². The van der Waals surface area contributed by atoms with Crippen molar-refractivity contribution >= 4 is 40.2 Å². The van der Waals surface area contributed by atoms with Crippen molar-refractivity contribution in [2.75, 3.05) is 0 Å². The van der Waals surface area contributed by atoms with E-state index in [2.05, 4.69) is 9.97 Å². The number of aromatic carboxylic acids is 1. The Labute approximate surface area is 128 Å². The van der Waals surface area contributed by atoms with Crippen LogP contribution in [0, 0.1) is 5.82 Å². The van der Waals surface area contributed by atoms with Crippen LogP contribution in [0.25, 0.3) is 22.4 Å². The highest BCUT2D eigenvalue weighted by molar-refractivity contribution is 6.39. The zero-order valence-corrected chi connectivity index (χ0v) is 11.8. The van der Waals surface area contributed by atoms with Crippen LogP contribution in [0.5, 0.6) is 0 Å². The first-order chi connectivity index (χ1) is 9.97. The monoisotopic (exact) mass is 324 g/mol. The minimum absolute atomic E-state index is 0.319. The van der Waals surface area contributed by atoms with Gasteiger partial charge in [-0.15, -0.1) is 0 Å². The maximum atomic E-state index is 13.7. The average molecular weight is 325 g/mol. The molecule has 0 spiro atoms. The SMILES string of the molecule is O=C(O)c1cc2nc(-c3c(Cl)cccc3Cl)[nH]c2cc1F. The molecule has 2 N–H and O–H groups in total. The van der Waals surface area contributed by atoms with Gasteiger partial charge in [-0.25, -0.2) is 14.2 Å². The van der Waals surface area contributed by atoms with Gasteiger partial charge in [0, 0.05) is 6.07 Å². The lowest BCUT2D eigenvalue weighted by atomic mass is 10.2. The first kappa shape index (κ1) is 13.9. The van der Waals surface area contributed by atoms with Crippen molar-refractivity contribution in [1.29, 1.82) is 0 Å². The predicted octanol–water partition coefficient (Wildman–Crippen LogP) is 4.37. The standard InChI is InChI=1S/C14H7Cl2FN2O2/c15-7-2-1-3-8(16)12(7)13-18-10-4-6(14(20)21)9(17)5-11(10)19-13/h1-5H,(H,18,19)(H,20,21). The molecule has 106 valence electrons. The zero-order chi connectivity index (χ0) is 15.1. The Kier molecular flexibility index (Phi) is 3.31. The Morgan fingerprint density at radius 3 is 2.52 bits per heavy atom. The number of hydrogen-bond donors (Lipinski definition) is 2. The minimum Gasteiger partial charge on any atom is -0.478 e. The molecule has 0 aliphatic carbocycles. The molecule has 0 aliphatic rings. The van der Waals surface area contributed by atoms with Crippen LogP contribution in [0.4, 0.5) is 4.39 Å². The topological polar surface area (TPSA) is 66.0 Å². The van der Waals surface area contributed by atoms with Crippen LogP contribution in [-0.2, 0) is 0 Å². The molecule has 0 fully saturated rings. The number of aromatic nitrogens is 2. The zero-order valence-electron chi connectivity index (χ0n) is 10.3. The van der Waals surface area contributed by atoms with Crippen molar-refractivity contribution in [2.45, 2.75) is 0 Å². The molecular weight excluding hydrogens is 318 g/mol. The number of nitrogens with zero attached hydrogens (tertiary/aromatic N) is 1. The fourth-order valence-corrected chi connectivity index (χ4v) is 2.61. The molecule has 0 saturated heterocycles. The molecule has 21 heavy (non-hydrogen) atoms. The van der Waals surface area contributed by atoms with Crippen LogP contribution < -0.4 is 0 Å². The lowest BCUT2D eigenvalue weighted by Gasteiger charge is -2.02. The molecule has 7 heteroatoms. The van der Waals surface area contributed by atoms with Gasteiger partial charge in [0.15, 0.2) is 0 Å². The number of carboxylic acid groups (broad SMARTS) is 1. The van der Waals surface area contributed by atoms with Crippen LogP contribution >= 0.6 is 23.2 Å². The first-order valence-electron chi connectivity index (χ1n) is 5.84. The van der Waals surface area contributed by atoms with Crippen molar-refractivity contribution in [3.8, 4) is 11.4 Å². The molecule has 3 rings (SSSR count). The molecule has 1 aromatic heterocycles. The number of rotatable bonds is 2. The molecule has 0 saturated carbocycles. The third-order valence-electron chi connectivity index (χ3n) is 3.00. The Morgan fingerprint density at radius 2 is 1.90 bits per heavy atom. The molecule has 0 atom stereocenters. The summed E-state index contributed by atoms with van der Waals surface area (Å²) in [4.78, 5) is 18.1. The van der Waals surface area contributed by atoms with Crippen LogP contribution in [0.2, 0.25) is 10.0 Å². The van der Waals surface area contributed by atoms with Gasteiger partial charge in [-0.3, -0.25) is 0 Å². The van der Waals surface area contributed by atoms with Gasteiger partial charge in [0.2, 0.25) is 0 Å². The maximum absolute atomic E-state index is 13.7. The van der Waals surface area contributed by atoms with E-state index in [1.54, 1.807) is 18.2 Å². The molecule has 0 aliphatic heterocycles. The summed E-state index contributed by atoms with van der Waals surface area (Å²) in [6.07, 6.45) is 0. The number of nitrogens with one attached hydrogen (secondary N) is 1. The molecule has 0 bridgehead atoms. The fourth-order valence-electron chi connectivity index (χ4n) is 2.04. The highest BCUT2D eigenvalue weighted by Crippen LogP contribution is 2.34. The van der Waals surface area contributed by atoms with Crippen LogP contribution in [0.1, 0.15) is 10.4 Å². The van der Waals surface area contributed by atoms with E-state index in [0.717, 1.165) is 12.1 Å². The third-order valence-corrected chi connectivity index (χ3v) is 3.63. The summed E-state index contributed by atoms with van der Waals surface area (Å²) in [5, 5.41) is 9.70. The number of hydrogen-bond acceptors (Lipinski definition) is 2. The average Bonchev–Trinajstić information content (AvgIpc) is 2.79. The second kappa shape index (κ2) is 5.02. The Bertz CT molecular complexity index is 857. The van der Waals surface area contributed by atoms with E-state index in [4.69, 9.17) is 28.3 Å². The first-order valence-corrected chi connectivity index (χ1v) is 6.60. The summed E-state index contributed by atoms with van der Waals surface area (Å²) in [7, 11) is 0. The normalized spacial score (nSPS) is 11.0. The number of aromatic amines is 1. The molecule has 0 radical (unpaired) electrons. The number of carbonyl (C=O) groups is 1. The number of imidazole rings is 1. The molecule has 3 aromatic rings. The maximum Gasteiger partial charge on any atom is 0.338 e. The summed E-state index contributed by atoms with van der Waals surface area (Å²) >= 11 is 12.2. The summed E-state index contributed by atoms with van der Waals surface area (Å²) in [6.45, 7) is 0.